The minimum atomic E-state index is 0.961. The lowest BCUT2D eigenvalue weighted by Crippen LogP contribution is -1.71. The van der Waals surface area contributed by atoms with Gasteiger partial charge in [-0.2, -0.15) is 0 Å². The first-order valence-electron chi connectivity index (χ1n) is 2.10. The summed E-state index contributed by atoms with van der Waals surface area (Å²) < 4.78 is 0. The van der Waals surface area contributed by atoms with Crippen LogP contribution in [0, 0.1) is 19.2 Å². The van der Waals surface area contributed by atoms with Crippen molar-refractivity contribution in [3.63, 3.8) is 0 Å². The monoisotopic (exact) mass is 91.0 g/mol. The molecule has 0 aliphatic rings. The number of nitrogens with zero attached hydrogens (tertiary/aromatic N) is 1. The van der Waals surface area contributed by atoms with Crippen LogP contribution in [0.4, 0.5) is 0 Å². The molecule has 1 heteroatoms. The SMILES string of the molecule is Cc1[c]ccn[c]1. The number of hydrogen-bond donors (Lipinski definition) is 0. The van der Waals surface area contributed by atoms with E-state index in [2.05, 4.69) is 17.2 Å². The van der Waals surface area contributed by atoms with Crippen molar-refractivity contribution in [3.8, 4) is 0 Å². The van der Waals surface area contributed by atoms with Crippen LogP contribution in [0.3, 0.4) is 0 Å². The smallest absolute Gasteiger partial charge is 0.0924 e. The van der Waals surface area contributed by atoms with Gasteiger partial charge in [-0.15, -0.1) is 0 Å². The molecule has 0 bridgehead atoms. The first kappa shape index (κ1) is 4.31. The summed E-state index contributed by atoms with van der Waals surface area (Å²) >= 11 is 0. The lowest BCUT2D eigenvalue weighted by molar-refractivity contribution is 1.25. The van der Waals surface area contributed by atoms with Gasteiger partial charge in [0.25, 0.3) is 0 Å². The molecule has 0 N–H and O–H groups in total. The van der Waals surface area contributed by atoms with Gasteiger partial charge in [-0.25, -0.2) is 0 Å². The van der Waals surface area contributed by atoms with Gasteiger partial charge in [-0.1, -0.05) is 0 Å². The molecule has 0 atom stereocenters. The molecule has 0 fully saturated rings. The summed E-state index contributed by atoms with van der Waals surface area (Å²) in [5.41, 5.74) is 0.961. The Balaban J connectivity index is 3.02. The third-order valence-electron chi connectivity index (χ3n) is 0.681. The van der Waals surface area contributed by atoms with Gasteiger partial charge in [0.05, 0.1) is 6.20 Å². The first-order valence-corrected chi connectivity index (χ1v) is 2.10. The standard InChI is InChI=1S/C6H5N/c1-6-3-2-4-7-5-6/h2,4H,1H3. The third-order valence-corrected chi connectivity index (χ3v) is 0.681. The van der Waals surface area contributed by atoms with E-state index in [9.17, 15) is 0 Å². The Labute approximate surface area is 43.0 Å². The van der Waals surface area contributed by atoms with Gasteiger partial charge in [-0.05, 0) is 24.6 Å². The summed E-state index contributed by atoms with van der Waals surface area (Å²) in [7, 11) is 0. The van der Waals surface area contributed by atoms with E-state index < -0.39 is 0 Å². The van der Waals surface area contributed by atoms with Crippen molar-refractivity contribution >= 4 is 0 Å². The number of aromatic nitrogens is 1. The third kappa shape index (κ3) is 1.000. The van der Waals surface area contributed by atoms with Gasteiger partial charge in [0.1, 0.15) is 0 Å². The lowest BCUT2D eigenvalue weighted by atomic mass is 10.3. The van der Waals surface area contributed by atoms with Gasteiger partial charge in [0.15, 0.2) is 0 Å². The van der Waals surface area contributed by atoms with Gasteiger partial charge < -0.3 is 0 Å². The van der Waals surface area contributed by atoms with Crippen molar-refractivity contribution < 1.29 is 0 Å². The molecule has 2 radical (unpaired) electrons. The predicted octanol–water partition coefficient (Wildman–Crippen LogP) is 0.990. The maximum atomic E-state index is 3.73. The minimum Gasteiger partial charge on any atom is -0.254 e. The predicted molar refractivity (Wildman–Crippen MR) is 26.6 cm³/mol. The van der Waals surface area contributed by atoms with E-state index in [0.29, 0.717) is 0 Å². The van der Waals surface area contributed by atoms with Crippen LogP contribution in [0.1, 0.15) is 5.56 Å². The molecule has 1 aromatic rings. The Hall–Kier alpha value is -0.850. The van der Waals surface area contributed by atoms with Crippen molar-refractivity contribution in [1.29, 1.82) is 0 Å². The van der Waals surface area contributed by atoms with E-state index >= 15 is 0 Å². The second kappa shape index (κ2) is 1.73. The Morgan fingerprint density at radius 3 is 2.86 bits per heavy atom. The fourth-order valence-corrected chi connectivity index (χ4v) is 0.366. The highest BCUT2D eigenvalue weighted by Crippen LogP contribution is 1.85. The molecule has 7 heavy (non-hydrogen) atoms. The zero-order chi connectivity index (χ0) is 5.11. The van der Waals surface area contributed by atoms with E-state index in [4.69, 9.17) is 0 Å². The topological polar surface area (TPSA) is 12.9 Å². The molecule has 1 heterocycles. The van der Waals surface area contributed by atoms with E-state index in [1.54, 1.807) is 12.3 Å². The maximum Gasteiger partial charge on any atom is 0.0924 e. The Bertz CT molecular complexity index is 134. The van der Waals surface area contributed by atoms with Crippen molar-refractivity contribution in [2.75, 3.05) is 0 Å². The zero-order valence-electron chi connectivity index (χ0n) is 4.10. The van der Waals surface area contributed by atoms with Crippen LogP contribution >= 0.6 is 0 Å². The van der Waals surface area contributed by atoms with Crippen LogP contribution in [-0.4, -0.2) is 4.98 Å². The Morgan fingerprint density at radius 2 is 2.57 bits per heavy atom. The van der Waals surface area contributed by atoms with E-state index in [0.717, 1.165) is 5.56 Å². The molecule has 1 rings (SSSR count). The van der Waals surface area contributed by atoms with Gasteiger partial charge in [-0.3, -0.25) is 4.98 Å². The molecule has 0 unspecified atom stereocenters. The second-order valence-electron chi connectivity index (χ2n) is 1.33. The van der Waals surface area contributed by atoms with Crippen LogP contribution in [0.25, 0.3) is 0 Å². The van der Waals surface area contributed by atoms with E-state index in [-0.39, 0.29) is 0 Å². The molecule has 1 aromatic heterocycles. The second-order valence-corrected chi connectivity index (χ2v) is 1.33. The molecule has 0 saturated carbocycles. The maximum absolute atomic E-state index is 3.73. The summed E-state index contributed by atoms with van der Waals surface area (Å²) in [5, 5.41) is 0. The van der Waals surface area contributed by atoms with Gasteiger partial charge >= 0.3 is 0 Å². The number of aryl methyl sites for hydroxylation is 1. The minimum absolute atomic E-state index is 0.961. The summed E-state index contributed by atoms with van der Waals surface area (Å²) in [6, 6.07) is 4.68. The van der Waals surface area contributed by atoms with Crippen LogP contribution in [-0.2, 0) is 0 Å². The molecule has 0 amide bonds. The van der Waals surface area contributed by atoms with E-state index in [1.165, 1.54) is 0 Å². The Kier molecular flexibility index (Phi) is 1.07. The normalized spacial score (nSPS) is 8.71. The zero-order valence-corrected chi connectivity index (χ0v) is 4.10. The first-order chi connectivity index (χ1) is 3.39. The van der Waals surface area contributed by atoms with Crippen molar-refractivity contribution in [2.45, 2.75) is 6.92 Å². The fraction of sp³-hybridized carbons (Fsp3) is 0.167. The highest BCUT2D eigenvalue weighted by molar-refractivity contribution is 5.00. The van der Waals surface area contributed by atoms with Crippen molar-refractivity contribution in [1.82, 2.24) is 4.98 Å². The summed E-state index contributed by atoms with van der Waals surface area (Å²) in [5.74, 6) is 0. The number of hydrogen-bond acceptors (Lipinski definition) is 1. The lowest BCUT2D eigenvalue weighted by Gasteiger charge is -1.79. The number of pyridine rings is 1. The summed E-state index contributed by atoms with van der Waals surface area (Å²) in [4.78, 5) is 3.73. The molecule has 0 aromatic carbocycles. The average molecular weight is 91.1 g/mol. The van der Waals surface area contributed by atoms with Crippen molar-refractivity contribution in [2.24, 2.45) is 0 Å². The molecular weight excluding hydrogens is 86.1 g/mol. The van der Waals surface area contributed by atoms with Gasteiger partial charge in [0, 0.05) is 6.20 Å². The van der Waals surface area contributed by atoms with Crippen LogP contribution in [0.5, 0.6) is 0 Å². The summed E-state index contributed by atoms with van der Waals surface area (Å²) in [6.07, 6.45) is 4.39. The summed E-state index contributed by atoms with van der Waals surface area (Å²) in [6.45, 7) is 1.91. The highest BCUT2D eigenvalue weighted by Gasteiger charge is 1.75. The molecule has 0 spiro atoms. The molecule has 0 aliphatic heterocycles. The van der Waals surface area contributed by atoms with Crippen LogP contribution in [0.2, 0.25) is 0 Å². The van der Waals surface area contributed by atoms with Crippen LogP contribution < -0.4 is 0 Å². The molecule has 34 valence electrons. The largest absolute Gasteiger partial charge is 0.254 e. The quantitative estimate of drug-likeness (QED) is 0.464. The van der Waals surface area contributed by atoms with Gasteiger partial charge in [0.2, 0.25) is 0 Å². The number of rotatable bonds is 0. The molecule has 0 aliphatic carbocycles. The molecule has 1 nitrogen and oxygen atoms in total. The van der Waals surface area contributed by atoms with E-state index in [1.807, 2.05) is 6.92 Å². The van der Waals surface area contributed by atoms with Crippen molar-refractivity contribution in [3.05, 3.63) is 30.1 Å². The van der Waals surface area contributed by atoms with Crippen LogP contribution in [0.15, 0.2) is 12.3 Å². The molecule has 0 saturated heterocycles. The fourth-order valence-electron chi connectivity index (χ4n) is 0.366. The molecular formula is C6H5N. The average Bonchev–Trinajstić information content (AvgIpc) is 1.69. The Morgan fingerprint density at radius 1 is 1.71 bits per heavy atom. The highest BCUT2D eigenvalue weighted by atomic mass is 14.6.